The molecule has 0 aliphatic heterocycles. The number of benzene rings is 2. The Balaban J connectivity index is 2.74. The zero-order valence-electron chi connectivity index (χ0n) is 16.1. The SMILES string of the molecule is COc1ccc(C(N)=C(NN)c2cc(OC)c(OC)c(OC)c2OC)cc1. The van der Waals surface area contributed by atoms with Crippen LogP contribution < -0.4 is 40.7 Å². The van der Waals surface area contributed by atoms with E-state index in [0.717, 1.165) is 11.3 Å². The number of nitrogens with two attached hydrogens (primary N) is 2. The van der Waals surface area contributed by atoms with Gasteiger partial charge in [-0.25, -0.2) is 0 Å². The van der Waals surface area contributed by atoms with Gasteiger partial charge < -0.3 is 34.8 Å². The van der Waals surface area contributed by atoms with Crippen LogP contribution in [0.25, 0.3) is 11.4 Å². The van der Waals surface area contributed by atoms with Crippen LogP contribution in [0.5, 0.6) is 28.7 Å². The van der Waals surface area contributed by atoms with E-state index in [4.69, 9.17) is 35.3 Å². The summed E-state index contributed by atoms with van der Waals surface area (Å²) in [5.74, 6) is 8.13. The number of nitrogens with one attached hydrogen (secondary N) is 1. The Bertz CT molecular complexity index is 819. The van der Waals surface area contributed by atoms with Gasteiger partial charge in [0.1, 0.15) is 5.75 Å². The predicted molar refractivity (Wildman–Crippen MR) is 104 cm³/mol. The summed E-state index contributed by atoms with van der Waals surface area (Å²) < 4.78 is 27.0. The Morgan fingerprint density at radius 2 is 1.37 bits per heavy atom. The van der Waals surface area contributed by atoms with Gasteiger partial charge in [0, 0.05) is 0 Å². The van der Waals surface area contributed by atoms with Gasteiger partial charge in [-0.3, -0.25) is 5.84 Å². The maximum absolute atomic E-state index is 6.38. The van der Waals surface area contributed by atoms with Crippen LogP contribution in [0, 0.1) is 0 Å². The summed E-state index contributed by atoms with van der Waals surface area (Å²) in [4.78, 5) is 0. The van der Waals surface area contributed by atoms with E-state index in [-0.39, 0.29) is 0 Å². The van der Waals surface area contributed by atoms with Crippen LogP contribution in [-0.2, 0) is 0 Å². The van der Waals surface area contributed by atoms with Gasteiger partial charge >= 0.3 is 0 Å². The average molecular weight is 375 g/mol. The monoisotopic (exact) mass is 375 g/mol. The number of hydrogen-bond donors (Lipinski definition) is 3. The standard InChI is InChI=1S/C19H25N3O5/c1-23-12-8-6-11(7-9-12)15(20)16(22-21)13-10-14(24-2)18(26-4)19(27-5)17(13)25-3/h6-10,22H,20-21H2,1-5H3. The zero-order valence-corrected chi connectivity index (χ0v) is 16.1. The van der Waals surface area contributed by atoms with Gasteiger partial charge in [-0.2, -0.15) is 0 Å². The number of hydrogen-bond acceptors (Lipinski definition) is 8. The molecule has 2 aromatic rings. The molecule has 0 fully saturated rings. The van der Waals surface area contributed by atoms with E-state index >= 15 is 0 Å². The zero-order chi connectivity index (χ0) is 20.0. The van der Waals surface area contributed by atoms with Crippen LogP contribution in [0.1, 0.15) is 11.1 Å². The number of methoxy groups -OCH3 is 5. The molecule has 8 nitrogen and oxygen atoms in total. The molecule has 5 N–H and O–H groups in total. The van der Waals surface area contributed by atoms with Gasteiger partial charge in [0.15, 0.2) is 11.5 Å². The first kappa shape index (κ1) is 20.1. The van der Waals surface area contributed by atoms with E-state index in [0.29, 0.717) is 40.0 Å². The maximum Gasteiger partial charge on any atom is 0.207 e. The quantitative estimate of drug-likeness (QED) is 0.365. The van der Waals surface area contributed by atoms with Gasteiger partial charge in [-0.1, -0.05) is 0 Å². The molecule has 2 aromatic carbocycles. The molecule has 0 aromatic heterocycles. The number of ether oxygens (including phenoxy) is 5. The molecule has 0 bridgehead atoms. The van der Waals surface area contributed by atoms with Crippen molar-refractivity contribution in [1.29, 1.82) is 0 Å². The normalized spacial score (nSPS) is 11.3. The lowest BCUT2D eigenvalue weighted by atomic mass is 10.0. The van der Waals surface area contributed by atoms with Crippen molar-refractivity contribution in [2.45, 2.75) is 0 Å². The minimum absolute atomic E-state index is 0.365. The van der Waals surface area contributed by atoms with Crippen molar-refractivity contribution in [2.24, 2.45) is 11.6 Å². The number of hydrazine groups is 1. The molecular weight excluding hydrogens is 350 g/mol. The Morgan fingerprint density at radius 1 is 0.778 bits per heavy atom. The highest BCUT2D eigenvalue weighted by Crippen LogP contribution is 2.48. The summed E-state index contributed by atoms with van der Waals surface area (Å²) in [6.07, 6.45) is 0. The smallest absolute Gasteiger partial charge is 0.207 e. The van der Waals surface area contributed by atoms with Crippen molar-refractivity contribution in [2.75, 3.05) is 35.5 Å². The molecule has 0 saturated carbocycles. The molecule has 0 aliphatic carbocycles. The first-order chi connectivity index (χ1) is 13.1. The van der Waals surface area contributed by atoms with Gasteiger partial charge in [-0.05, 0) is 35.9 Å². The van der Waals surface area contributed by atoms with Crippen molar-refractivity contribution >= 4 is 11.4 Å². The third kappa shape index (κ3) is 3.80. The lowest BCUT2D eigenvalue weighted by Gasteiger charge is -2.21. The van der Waals surface area contributed by atoms with Crippen LogP contribution in [0.3, 0.4) is 0 Å². The molecular formula is C19H25N3O5. The molecule has 27 heavy (non-hydrogen) atoms. The summed E-state index contributed by atoms with van der Waals surface area (Å²) in [7, 11) is 7.67. The van der Waals surface area contributed by atoms with Crippen molar-refractivity contribution < 1.29 is 23.7 Å². The Labute approximate surface area is 158 Å². The molecule has 8 heteroatoms. The predicted octanol–water partition coefficient (Wildman–Crippen LogP) is 1.98. The minimum Gasteiger partial charge on any atom is -0.497 e. The number of rotatable bonds is 8. The van der Waals surface area contributed by atoms with Gasteiger partial charge in [0.2, 0.25) is 11.5 Å². The molecule has 2 rings (SSSR count). The fraction of sp³-hybridized carbons (Fsp3) is 0.263. The van der Waals surface area contributed by atoms with E-state index in [1.807, 2.05) is 24.3 Å². The van der Waals surface area contributed by atoms with Crippen LogP contribution in [-0.4, -0.2) is 35.5 Å². The lowest BCUT2D eigenvalue weighted by molar-refractivity contribution is 0.305. The van der Waals surface area contributed by atoms with E-state index in [1.165, 1.54) is 28.4 Å². The first-order valence-corrected chi connectivity index (χ1v) is 8.04. The van der Waals surface area contributed by atoms with Crippen LogP contribution >= 0.6 is 0 Å². The molecule has 0 atom stereocenters. The molecule has 0 amide bonds. The largest absolute Gasteiger partial charge is 0.497 e. The maximum atomic E-state index is 6.38. The molecule has 0 spiro atoms. The summed E-state index contributed by atoms with van der Waals surface area (Å²) in [5, 5.41) is 0. The van der Waals surface area contributed by atoms with Crippen LogP contribution in [0.2, 0.25) is 0 Å². The van der Waals surface area contributed by atoms with Crippen molar-refractivity contribution in [3.05, 3.63) is 41.5 Å². The average Bonchev–Trinajstić information content (AvgIpc) is 2.72. The molecule has 0 heterocycles. The minimum atomic E-state index is 0.365. The third-order valence-corrected chi connectivity index (χ3v) is 4.07. The molecule has 0 radical (unpaired) electrons. The van der Waals surface area contributed by atoms with Crippen LogP contribution in [0.4, 0.5) is 0 Å². The van der Waals surface area contributed by atoms with Crippen molar-refractivity contribution in [1.82, 2.24) is 5.43 Å². The molecule has 146 valence electrons. The van der Waals surface area contributed by atoms with Crippen molar-refractivity contribution in [3.63, 3.8) is 0 Å². The highest BCUT2D eigenvalue weighted by Gasteiger charge is 2.24. The summed E-state index contributed by atoms with van der Waals surface area (Å²) >= 11 is 0. The van der Waals surface area contributed by atoms with E-state index in [9.17, 15) is 0 Å². The highest BCUT2D eigenvalue weighted by molar-refractivity contribution is 5.91. The van der Waals surface area contributed by atoms with Crippen LogP contribution in [0.15, 0.2) is 30.3 Å². The lowest BCUT2D eigenvalue weighted by Crippen LogP contribution is -2.24. The second-order valence-electron chi connectivity index (χ2n) is 5.39. The van der Waals surface area contributed by atoms with E-state index < -0.39 is 0 Å². The van der Waals surface area contributed by atoms with Crippen molar-refractivity contribution in [3.8, 4) is 28.7 Å². The summed E-state index contributed by atoms with van der Waals surface area (Å²) in [5.41, 5.74) is 11.2. The van der Waals surface area contributed by atoms with Gasteiger partial charge in [0.25, 0.3) is 0 Å². The second kappa shape index (κ2) is 8.91. The van der Waals surface area contributed by atoms with Gasteiger partial charge in [0.05, 0.1) is 52.5 Å². The summed E-state index contributed by atoms with van der Waals surface area (Å²) in [6.45, 7) is 0. The third-order valence-electron chi connectivity index (χ3n) is 4.07. The molecule has 0 unspecified atom stereocenters. The fourth-order valence-corrected chi connectivity index (χ4v) is 2.73. The first-order valence-electron chi connectivity index (χ1n) is 8.04. The van der Waals surface area contributed by atoms with E-state index in [1.54, 1.807) is 13.2 Å². The highest BCUT2D eigenvalue weighted by atomic mass is 16.5. The molecule has 0 saturated heterocycles. The Morgan fingerprint density at radius 3 is 1.81 bits per heavy atom. The topological polar surface area (TPSA) is 110 Å². The Kier molecular flexibility index (Phi) is 6.62. The van der Waals surface area contributed by atoms with E-state index in [2.05, 4.69) is 5.43 Å². The second-order valence-corrected chi connectivity index (χ2v) is 5.39. The summed E-state index contributed by atoms with van der Waals surface area (Å²) in [6, 6.07) is 8.99. The fourth-order valence-electron chi connectivity index (χ4n) is 2.73. The molecule has 0 aliphatic rings. The Hall–Kier alpha value is -3.26. The van der Waals surface area contributed by atoms with Gasteiger partial charge in [-0.15, -0.1) is 0 Å².